The Bertz CT molecular complexity index is 3140. The summed E-state index contributed by atoms with van der Waals surface area (Å²) in [4.78, 5) is 2.46. The van der Waals surface area contributed by atoms with Crippen LogP contribution in [0.1, 0.15) is 25.0 Å². The van der Waals surface area contributed by atoms with Crippen LogP contribution in [-0.2, 0) is 5.41 Å². The number of benzene rings is 9. The summed E-state index contributed by atoms with van der Waals surface area (Å²) < 4.78 is 2.68. The maximum absolute atomic E-state index is 2.46. The van der Waals surface area contributed by atoms with Crippen LogP contribution < -0.4 is 4.90 Å². The van der Waals surface area contributed by atoms with Crippen molar-refractivity contribution in [3.05, 3.63) is 211 Å². The first-order valence-electron chi connectivity index (χ1n) is 19.8. The second kappa shape index (κ2) is 13.2. The number of hydrogen-bond acceptors (Lipinski definition) is 2. The van der Waals surface area contributed by atoms with Crippen molar-refractivity contribution in [2.24, 2.45) is 0 Å². The number of anilines is 3. The standard InChI is InChI=1S/C55H39NS/c1-55(2)50-23-12-11-20-45(50)46-32-30-42(35-51(46)55)56(52-33-27-40(36-14-5-3-6-15-36)34-49(52)37-16-7-4-8-17-37)41-28-24-39(25-29-41)44-21-13-22-47-48-31-26-38-18-9-10-19-43(38)54(48)57-53(44)47/h3-35H,1-2H3. The van der Waals surface area contributed by atoms with Gasteiger partial charge in [0.15, 0.2) is 0 Å². The lowest BCUT2D eigenvalue weighted by atomic mass is 9.82. The number of hydrogen-bond donors (Lipinski definition) is 0. The average molecular weight is 746 g/mol. The van der Waals surface area contributed by atoms with Gasteiger partial charge in [0.1, 0.15) is 0 Å². The Morgan fingerprint density at radius 1 is 0.368 bits per heavy atom. The van der Waals surface area contributed by atoms with Gasteiger partial charge in [0.2, 0.25) is 0 Å². The van der Waals surface area contributed by atoms with E-state index in [9.17, 15) is 0 Å². The summed E-state index contributed by atoms with van der Waals surface area (Å²) in [5.74, 6) is 0. The molecule has 9 aromatic carbocycles. The summed E-state index contributed by atoms with van der Waals surface area (Å²) in [5.41, 5.74) is 15.9. The van der Waals surface area contributed by atoms with Crippen LogP contribution in [0.25, 0.3) is 75.5 Å². The zero-order chi connectivity index (χ0) is 38.1. The van der Waals surface area contributed by atoms with Crippen LogP contribution >= 0.6 is 11.3 Å². The van der Waals surface area contributed by atoms with E-state index in [2.05, 4.69) is 219 Å². The zero-order valence-corrected chi connectivity index (χ0v) is 32.7. The SMILES string of the molecule is CC1(C)c2ccccc2-c2ccc(N(c3ccc(-c4cccc5c4sc4c6ccccc6ccc54)cc3)c3ccc(-c4ccccc4)cc3-c3ccccc3)cc21. The molecule has 0 unspecified atom stereocenters. The molecule has 0 saturated heterocycles. The van der Waals surface area contributed by atoms with Gasteiger partial charge in [-0.1, -0.05) is 178 Å². The van der Waals surface area contributed by atoms with Crippen molar-refractivity contribution in [1.82, 2.24) is 0 Å². The lowest BCUT2D eigenvalue weighted by molar-refractivity contribution is 0.660. The average Bonchev–Trinajstić information content (AvgIpc) is 3.77. The van der Waals surface area contributed by atoms with E-state index in [1.165, 1.54) is 86.6 Å². The van der Waals surface area contributed by atoms with Gasteiger partial charge < -0.3 is 4.90 Å². The van der Waals surface area contributed by atoms with Gasteiger partial charge in [-0.2, -0.15) is 0 Å². The molecule has 0 amide bonds. The molecule has 1 heterocycles. The van der Waals surface area contributed by atoms with Gasteiger partial charge in [-0.15, -0.1) is 11.3 Å². The molecule has 0 fully saturated rings. The second-order valence-electron chi connectivity index (χ2n) is 15.7. The van der Waals surface area contributed by atoms with Gasteiger partial charge in [-0.05, 0) is 97.2 Å². The molecule has 0 saturated carbocycles. The lowest BCUT2D eigenvalue weighted by Gasteiger charge is -2.30. The van der Waals surface area contributed by atoms with Gasteiger partial charge in [-0.3, -0.25) is 0 Å². The largest absolute Gasteiger partial charge is 0.310 e. The fourth-order valence-electron chi connectivity index (χ4n) is 9.19. The molecule has 0 spiro atoms. The predicted molar refractivity (Wildman–Crippen MR) is 245 cm³/mol. The van der Waals surface area contributed by atoms with Crippen LogP contribution in [0.15, 0.2) is 200 Å². The van der Waals surface area contributed by atoms with Crippen LogP contribution in [0.4, 0.5) is 17.1 Å². The van der Waals surface area contributed by atoms with E-state index in [1.807, 2.05) is 11.3 Å². The molecule has 0 bridgehead atoms. The predicted octanol–water partition coefficient (Wildman–Crippen LogP) is 16.0. The van der Waals surface area contributed by atoms with Crippen LogP contribution in [0.3, 0.4) is 0 Å². The molecule has 57 heavy (non-hydrogen) atoms. The van der Waals surface area contributed by atoms with Gasteiger partial charge in [0.05, 0.1) is 5.69 Å². The van der Waals surface area contributed by atoms with E-state index < -0.39 is 0 Å². The van der Waals surface area contributed by atoms with Crippen molar-refractivity contribution in [2.75, 3.05) is 4.90 Å². The summed E-state index contributed by atoms with van der Waals surface area (Å²) in [6.07, 6.45) is 0. The van der Waals surface area contributed by atoms with Crippen molar-refractivity contribution in [3.63, 3.8) is 0 Å². The molecule has 0 atom stereocenters. The lowest BCUT2D eigenvalue weighted by Crippen LogP contribution is -2.17. The zero-order valence-electron chi connectivity index (χ0n) is 31.9. The van der Waals surface area contributed by atoms with Crippen LogP contribution in [-0.4, -0.2) is 0 Å². The molecular formula is C55H39NS. The minimum absolute atomic E-state index is 0.120. The number of rotatable bonds is 6. The highest BCUT2D eigenvalue weighted by Gasteiger charge is 2.36. The third-order valence-electron chi connectivity index (χ3n) is 12.1. The van der Waals surface area contributed by atoms with E-state index in [0.29, 0.717) is 0 Å². The molecule has 1 nitrogen and oxygen atoms in total. The third kappa shape index (κ3) is 5.44. The Morgan fingerprint density at radius 3 is 1.81 bits per heavy atom. The summed E-state index contributed by atoms with van der Waals surface area (Å²) in [6.45, 7) is 4.73. The highest BCUT2D eigenvalue weighted by Crippen LogP contribution is 2.52. The Balaban J connectivity index is 1.10. The Labute approximate surface area is 337 Å². The first-order valence-corrected chi connectivity index (χ1v) is 20.6. The maximum Gasteiger partial charge on any atom is 0.0540 e. The molecule has 1 aliphatic rings. The molecule has 10 aromatic rings. The van der Waals surface area contributed by atoms with Crippen molar-refractivity contribution < 1.29 is 0 Å². The Hall–Kier alpha value is -6.74. The molecule has 11 rings (SSSR count). The van der Waals surface area contributed by atoms with Gasteiger partial charge in [0.25, 0.3) is 0 Å². The van der Waals surface area contributed by atoms with E-state index in [4.69, 9.17) is 0 Å². The van der Waals surface area contributed by atoms with E-state index in [0.717, 1.165) is 17.1 Å². The summed E-state index contributed by atoms with van der Waals surface area (Å²) in [6, 6.07) is 73.8. The maximum atomic E-state index is 2.46. The first-order chi connectivity index (χ1) is 28.0. The van der Waals surface area contributed by atoms with Gasteiger partial charge in [0, 0.05) is 42.5 Å². The second-order valence-corrected chi connectivity index (χ2v) is 16.7. The number of thiophene rings is 1. The van der Waals surface area contributed by atoms with Crippen LogP contribution in [0.5, 0.6) is 0 Å². The van der Waals surface area contributed by atoms with Crippen molar-refractivity contribution in [1.29, 1.82) is 0 Å². The van der Waals surface area contributed by atoms with Crippen molar-refractivity contribution in [2.45, 2.75) is 19.3 Å². The summed E-state index contributed by atoms with van der Waals surface area (Å²) >= 11 is 1.91. The smallest absolute Gasteiger partial charge is 0.0540 e. The summed E-state index contributed by atoms with van der Waals surface area (Å²) in [5, 5.41) is 5.25. The van der Waals surface area contributed by atoms with Gasteiger partial charge in [-0.25, -0.2) is 0 Å². The minimum atomic E-state index is -0.120. The highest BCUT2D eigenvalue weighted by molar-refractivity contribution is 7.27. The fourth-order valence-corrected chi connectivity index (χ4v) is 10.6. The molecule has 270 valence electrons. The monoisotopic (exact) mass is 745 g/mol. The molecular weight excluding hydrogens is 707 g/mol. The quantitative estimate of drug-likeness (QED) is 0.164. The van der Waals surface area contributed by atoms with E-state index in [1.54, 1.807) is 0 Å². The van der Waals surface area contributed by atoms with Crippen molar-refractivity contribution >= 4 is 59.3 Å². The van der Waals surface area contributed by atoms with E-state index >= 15 is 0 Å². The summed E-state index contributed by atoms with van der Waals surface area (Å²) in [7, 11) is 0. The minimum Gasteiger partial charge on any atom is -0.310 e. The molecule has 0 aliphatic heterocycles. The molecule has 1 aromatic heterocycles. The number of nitrogens with zero attached hydrogens (tertiary/aromatic N) is 1. The fraction of sp³-hybridized carbons (Fsp3) is 0.0545. The van der Waals surface area contributed by atoms with Crippen LogP contribution in [0, 0.1) is 0 Å². The number of fused-ring (bicyclic) bond motifs is 8. The highest BCUT2D eigenvalue weighted by atomic mass is 32.1. The Morgan fingerprint density at radius 2 is 0.982 bits per heavy atom. The molecule has 2 heteroatoms. The van der Waals surface area contributed by atoms with Crippen LogP contribution in [0.2, 0.25) is 0 Å². The molecule has 0 N–H and O–H groups in total. The normalized spacial score (nSPS) is 12.9. The topological polar surface area (TPSA) is 3.24 Å². The third-order valence-corrected chi connectivity index (χ3v) is 13.4. The van der Waals surface area contributed by atoms with E-state index in [-0.39, 0.29) is 5.41 Å². The first kappa shape index (κ1) is 33.6. The van der Waals surface area contributed by atoms with Gasteiger partial charge >= 0.3 is 0 Å². The van der Waals surface area contributed by atoms with Crippen molar-refractivity contribution in [3.8, 4) is 44.5 Å². The Kier molecular flexibility index (Phi) is 7.77. The molecule has 0 radical (unpaired) electrons. The molecule has 1 aliphatic carbocycles.